The summed E-state index contributed by atoms with van der Waals surface area (Å²) in [5, 5.41) is 2.66. The van der Waals surface area contributed by atoms with Gasteiger partial charge in [0.1, 0.15) is 18.2 Å². The van der Waals surface area contributed by atoms with Gasteiger partial charge in [-0.25, -0.2) is 8.78 Å². The summed E-state index contributed by atoms with van der Waals surface area (Å²) in [6.07, 6.45) is 2.18. The number of nitrogens with one attached hydrogen (secondary N) is 1. The normalized spacial score (nSPS) is 11.5. The van der Waals surface area contributed by atoms with Crippen LogP contribution in [0.25, 0.3) is 6.08 Å². The number of benzene rings is 2. The minimum atomic E-state index is -0.735. The molecule has 0 saturated carbocycles. The third kappa shape index (κ3) is 7.07. The van der Waals surface area contributed by atoms with Crippen LogP contribution in [-0.2, 0) is 4.79 Å². The van der Waals surface area contributed by atoms with Gasteiger partial charge in [0.25, 0.3) is 0 Å². The van der Waals surface area contributed by atoms with Crippen molar-refractivity contribution < 1.29 is 23.0 Å². The van der Waals surface area contributed by atoms with Gasteiger partial charge in [-0.2, -0.15) is 0 Å². The molecule has 1 amide bonds. The van der Waals surface area contributed by atoms with Gasteiger partial charge in [0, 0.05) is 42.0 Å². The first-order valence-electron chi connectivity index (χ1n) is 10.2. The van der Waals surface area contributed by atoms with E-state index in [1.54, 1.807) is 25.3 Å². The molecule has 0 fully saturated rings. The van der Waals surface area contributed by atoms with Gasteiger partial charge >= 0.3 is 0 Å². The summed E-state index contributed by atoms with van der Waals surface area (Å²) in [4.78, 5) is 14.5. The second-order valence-electron chi connectivity index (χ2n) is 7.60. The lowest BCUT2D eigenvalue weighted by atomic mass is 10.2. The molecule has 0 bridgehead atoms. The van der Waals surface area contributed by atoms with E-state index in [-0.39, 0.29) is 5.56 Å². The summed E-state index contributed by atoms with van der Waals surface area (Å²) in [7, 11) is 1.54. The maximum Gasteiger partial charge on any atom is 0.248 e. The summed E-state index contributed by atoms with van der Waals surface area (Å²) in [6, 6.07) is 9.32. The van der Waals surface area contributed by atoms with Crippen molar-refractivity contribution in [2.75, 3.05) is 25.6 Å². The minimum absolute atomic E-state index is 0.267. The van der Waals surface area contributed by atoms with Crippen molar-refractivity contribution in [3.05, 3.63) is 59.7 Å². The Balaban J connectivity index is 2.05. The summed E-state index contributed by atoms with van der Waals surface area (Å²) >= 11 is 0. The standard InChI is InChI=1S/C24H30F2N2O3/c1-16(2)28(17(3)4)13-14-31-23-15-18(9-11-22(23)30-5)27-24(29)12-10-19-20(25)7-6-8-21(19)26/h6-12,15-17H,13-14H2,1-5H3,(H,27,29). The van der Waals surface area contributed by atoms with Crippen LogP contribution in [0.3, 0.4) is 0 Å². The molecular weight excluding hydrogens is 402 g/mol. The van der Waals surface area contributed by atoms with Crippen LogP contribution in [0.1, 0.15) is 33.3 Å². The highest BCUT2D eigenvalue weighted by Gasteiger charge is 2.14. The van der Waals surface area contributed by atoms with Crippen molar-refractivity contribution in [3.63, 3.8) is 0 Å². The molecule has 0 aliphatic heterocycles. The zero-order valence-electron chi connectivity index (χ0n) is 18.6. The molecular formula is C24H30F2N2O3. The monoisotopic (exact) mass is 432 g/mol. The highest BCUT2D eigenvalue weighted by atomic mass is 19.1. The molecule has 1 N–H and O–H groups in total. The second kappa shape index (κ2) is 11.5. The van der Waals surface area contributed by atoms with Crippen LogP contribution in [0.5, 0.6) is 11.5 Å². The third-order valence-electron chi connectivity index (χ3n) is 4.77. The lowest BCUT2D eigenvalue weighted by molar-refractivity contribution is -0.111. The number of halogens is 2. The smallest absolute Gasteiger partial charge is 0.248 e. The predicted octanol–water partition coefficient (Wildman–Crippen LogP) is 5.12. The number of ether oxygens (including phenoxy) is 2. The van der Waals surface area contributed by atoms with Crippen LogP contribution in [0.15, 0.2) is 42.5 Å². The predicted molar refractivity (Wildman–Crippen MR) is 119 cm³/mol. The molecule has 0 heterocycles. The van der Waals surface area contributed by atoms with E-state index in [1.165, 1.54) is 6.07 Å². The Bertz CT molecular complexity index is 885. The number of anilines is 1. The topological polar surface area (TPSA) is 50.8 Å². The molecule has 31 heavy (non-hydrogen) atoms. The number of nitrogens with zero attached hydrogens (tertiary/aromatic N) is 1. The van der Waals surface area contributed by atoms with Gasteiger partial charge in [-0.05, 0) is 58.0 Å². The van der Waals surface area contributed by atoms with Crippen LogP contribution in [0.4, 0.5) is 14.5 Å². The Morgan fingerprint density at radius 1 is 1.06 bits per heavy atom. The number of hydrogen-bond donors (Lipinski definition) is 1. The first-order valence-corrected chi connectivity index (χ1v) is 10.2. The van der Waals surface area contributed by atoms with Crippen LogP contribution in [-0.4, -0.2) is 43.2 Å². The summed E-state index contributed by atoms with van der Waals surface area (Å²) < 4.78 is 38.6. The van der Waals surface area contributed by atoms with Crippen molar-refractivity contribution in [2.24, 2.45) is 0 Å². The second-order valence-corrected chi connectivity index (χ2v) is 7.60. The van der Waals surface area contributed by atoms with Gasteiger partial charge in [-0.15, -0.1) is 0 Å². The zero-order valence-corrected chi connectivity index (χ0v) is 18.6. The molecule has 0 aliphatic rings. The molecule has 7 heteroatoms. The summed E-state index contributed by atoms with van der Waals surface area (Å²) in [5.74, 6) is -0.953. The van der Waals surface area contributed by atoms with Crippen molar-refractivity contribution in [3.8, 4) is 11.5 Å². The summed E-state index contributed by atoms with van der Waals surface area (Å²) in [5.41, 5.74) is 0.209. The van der Waals surface area contributed by atoms with Crippen molar-refractivity contribution >= 4 is 17.7 Å². The average molecular weight is 433 g/mol. The quantitative estimate of drug-likeness (QED) is 0.529. The van der Waals surface area contributed by atoms with E-state index in [4.69, 9.17) is 9.47 Å². The van der Waals surface area contributed by atoms with Gasteiger partial charge < -0.3 is 14.8 Å². The molecule has 0 spiro atoms. The first-order chi connectivity index (χ1) is 14.7. The van der Waals surface area contributed by atoms with Crippen molar-refractivity contribution in [1.29, 1.82) is 0 Å². The SMILES string of the molecule is COc1ccc(NC(=O)C=Cc2c(F)cccc2F)cc1OCCN(C(C)C)C(C)C. The molecule has 0 radical (unpaired) electrons. The van der Waals surface area contributed by atoms with Gasteiger partial charge in [-0.3, -0.25) is 9.69 Å². The van der Waals surface area contributed by atoms with E-state index in [2.05, 4.69) is 37.9 Å². The fourth-order valence-corrected chi connectivity index (χ4v) is 3.25. The Morgan fingerprint density at radius 3 is 2.29 bits per heavy atom. The molecule has 2 aromatic carbocycles. The van der Waals surface area contributed by atoms with Gasteiger partial charge in [-0.1, -0.05) is 6.07 Å². The van der Waals surface area contributed by atoms with Crippen LogP contribution in [0.2, 0.25) is 0 Å². The highest BCUT2D eigenvalue weighted by molar-refractivity contribution is 6.02. The number of carbonyl (C=O) groups excluding carboxylic acids is 1. The van der Waals surface area contributed by atoms with Crippen molar-refractivity contribution in [2.45, 2.75) is 39.8 Å². The molecule has 0 atom stereocenters. The lowest BCUT2D eigenvalue weighted by Gasteiger charge is -2.30. The number of carbonyl (C=O) groups is 1. The lowest BCUT2D eigenvalue weighted by Crippen LogP contribution is -2.39. The van der Waals surface area contributed by atoms with Gasteiger partial charge in [0.2, 0.25) is 5.91 Å². The van der Waals surface area contributed by atoms with E-state index in [1.807, 2.05) is 0 Å². The van der Waals surface area contributed by atoms with Crippen LogP contribution >= 0.6 is 0 Å². The molecule has 5 nitrogen and oxygen atoms in total. The minimum Gasteiger partial charge on any atom is -0.493 e. The average Bonchev–Trinajstić information content (AvgIpc) is 2.70. The maximum atomic E-state index is 13.7. The van der Waals surface area contributed by atoms with Crippen molar-refractivity contribution in [1.82, 2.24) is 4.90 Å². The Morgan fingerprint density at radius 2 is 1.71 bits per heavy atom. The van der Waals surface area contributed by atoms with E-state index >= 15 is 0 Å². The molecule has 0 aromatic heterocycles. The molecule has 0 unspecified atom stereocenters. The Hall–Kier alpha value is -2.93. The maximum absolute atomic E-state index is 13.7. The fraction of sp³-hybridized carbons (Fsp3) is 0.375. The largest absolute Gasteiger partial charge is 0.493 e. The summed E-state index contributed by atoms with van der Waals surface area (Å²) in [6.45, 7) is 9.74. The number of rotatable bonds is 10. The highest BCUT2D eigenvalue weighted by Crippen LogP contribution is 2.30. The van der Waals surface area contributed by atoms with Gasteiger partial charge in [0.15, 0.2) is 11.5 Å². The fourth-order valence-electron chi connectivity index (χ4n) is 3.25. The molecule has 168 valence electrons. The van der Waals surface area contributed by atoms with E-state index < -0.39 is 17.5 Å². The molecule has 2 aromatic rings. The van der Waals surface area contributed by atoms with E-state index in [0.717, 1.165) is 30.8 Å². The number of hydrogen-bond acceptors (Lipinski definition) is 4. The zero-order chi connectivity index (χ0) is 23.0. The Labute approximate surface area is 182 Å². The van der Waals surface area contributed by atoms with E-state index in [9.17, 15) is 13.6 Å². The molecule has 0 aliphatic carbocycles. The number of methoxy groups -OCH3 is 1. The molecule has 2 rings (SSSR count). The van der Waals surface area contributed by atoms with Crippen LogP contribution in [0, 0.1) is 11.6 Å². The number of amides is 1. The Kier molecular flexibility index (Phi) is 9.00. The van der Waals surface area contributed by atoms with Crippen LogP contribution < -0.4 is 14.8 Å². The first kappa shape index (κ1) is 24.3. The van der Waals surface area contributed by atoms with Gasteiger partial charge in [0.05, 0.1) is 7.11 Å². The van der Waals surface area contributed by atoms with E-state index in [0.29, 0.717) is 35.9 Å². The third-order valence-corrected chi connectivity index (χ3v) is 4.77. The molecule has 0 saturated heterocycles.